The topological polar surface area (TPSA) is 15.3 Å². The van der Waals surface area contributed by atoms with Gasteiger partial charge in [-0.25, -0.2) is 0 Å². The van der Waals surface area contributed by atoms with Crippen LogP contribution in [0.5, 0.6) is 0 Å². The molecule has 0 aliphatic rings. The van der Waals surface area contributed by atoms with Gasteiger partial charge < -0.3 is 10.2 Å². The SMILES string of the molecule is CCC(Nc1cccc(Cl)c1N(C)C)c1cccc(Br)c1. The van der Waals surface area contributed by atoms with E-state index in [1.807, 2.05) is 37.2 Å². The Kier molecular flexibility index (Phi) is 5.54. The fraction of sp³-hybridized carbons (Fsp3) is 0.294. The third-order valence-corrected chi connectivity index (χ3v) is 4.22. The molecule has 0 radical (unpaired) electrons. The Morgan fingerprint density at radius 3 is 2.52 bits per heavy atom. The summed E-state index contributed by atoms with van der Waals surface area (Å²) < 4.78 is 1.10. The Balaban J connectivity index is 2.33. The molecule has 0 aliphatic carbocycles. The van der Waals surface area contributed by atoms with Gasteiger partial charge >= 0.3 is 0 Å². The second-order valence-electron chi connectivity index (χ2n) is 5.19. The van der Waals surface area contributed by atoms with E-state index in [0.717, 1.165) is 27.3 Å². The minimum atomic E-state index is 0.250. The lowest BCUT2D eigenvalue weighted by atomic mass is 10.0. The van der Waals surface area contributed by atoms with Crippen LogP contribution in [-0.4, -0.2) is 14.1 Å². The Morgan fingerprint density at radius 2 is 1.90 bits per heavy atom. The van der Waals surface area contributed by atoms with Gasteiger partial charge in [-0.1, -0.05) is 52.7 Å². The Hall–Kier alpha value is -1.19. The lowest BCUT2D eigenvalue weighted by molar-refractivity contribution is 0.748. The van der Waals surface area contributed by atoms with Crippen LogP contribution in [0.2, 0.25) is 5.02 Å². The van der Waals surface area contributed by atoms with Crippen molar-refractivity contribution >= 4 is 38.9 Å². The van der Waals surface area contributed by atoms with Crippen LogP contribution >= 0.6 is 27.5 Å². The van der Waals surface area contributed by atoms with E-state index in [-0.39, 0.29) is 6.04 Å². The summed E-state index contributed by atoms with van der Waals surface area (Å²) in [6.07, 6.45) is 0.996. The van der Waals surface area contributed by atoms with Crippen LogP contribution in [0.4, 0.5) is 11.4 Å². The molecule has 4 heteroatoms. The van der Waals surface area contributed by atoms with Crippen LogP contribution < -0.4 is 10.2 Å². The second kappa shape index (κ2) is 7.19. The summed E-state index contributed by atoms with van der Waals surface area (Å²) in [6.45, 7) is 2.18. The average molecular weight is 368 g/mol. The minimum Gasteiger partial charge on any atom is -0.377 e. The molecule has 1 unspecified atom stereocenters. The first-order valence-electron chi connectivity index (χ1n) is 7.00. The number of hydrogen-bond donors (Lipinski definition) is 1. The number of para-hydroxylation sites is 1. The van der Waals surface area contributed by atoms with Crippen LogP contribution in [0, 0.1) is 0 Å². The smallest absolute Gasteiger partial charge is 0.0786 e. The van der Waals surface area contributed by atoms with E-state index >= 15 is 0 Å². The highest BCUT2D eigenvalue weighted by atomic mass is 79.9. The zero-order valence-corrected chi connectivity index (χ0v) is 14.9. The van der Waals surface area contributed by atoms with E-state index in [0.29, 0.717) is 0 Å². The van der Waals surface area contributed by atoms with Gasteiger partial charge in [-0.15, -0.1) is 0 Å². The highest BCUT2D eigenvalue weighted by Crippen LogP contribution is 2.35. The molecule has 21 heavy (non-hydrogen) atoms. The maximum atomic E-state index is 6.33. The van der Waals surface area contributed by atoms with Gasteiger partial charge in [0, 0.05) is 18.6 Å². The van der Waals surface area contributed by atoms with Crippen molar-refractivity contribution in [2.75, 3.05) is 24.3 Å². The van der Waals surface area contributed by atoms with Gasteiger partial charge in [-0.2, -0.15) is 0 Å². The molecule has 1 N–H and O–H groups in total. The van der Waals surface area contributed by atoms with E-state index in [1.54, 1.807) is 0 Å². The van der Waals surface area contributed by atoms with Gasteiger partial charge in [0.25, 0.3) is 0 Å². The molecular formula is C17H20BrClN2. The molecule has 2 nitrogen and oxygen atoms in total. The summed E-state index contributed by atoms with van der Waals surface area (Å²) in [5.41, 5.74) is 3.34. The highest BCUT2D eigenvalue weighted by molar-refractivity contribution is 9.10. The number of rotatable bonds is 5. The Morgan fingerprint density at radius 1 is 1.19 bits per heavy atom. The van der Waals surface area contributed by atoms with Crippen molar-refractivity contribution in [3.63, 3.8) is 0 Å². The van der Waals surface area contributed by atoms with Crippen LogP contribution in [0.25, 0.3) is 0 Å². The van der Waals surface area contributed by atoms with E-state index in [9.17, 15) is 0 Å². The van der Waals surface area contributed by atoms with Crippen LogP contribution in [0.1, 0.15) is 24.9 Å². The molecule has 0 saturated carbocycles. The lowest BCUT2D eigenvalue weighted by Crippen LogP contribution is -2.15. The van der Waals surface area contributed by atoms with Gasteiger partial charge in [-0.3, -0.25) is 0 Å². The van der Waals surface area contributed by atoms with Crippen LogP contribution in [0.15, 0.2) is 46.9 Å². The minimum absolute atomic E-state index is 0.250. The number of halogens is 2. The molecule has 112 valence electrons. The average Bonchev–Trinajstić information content (AvgIpc) is 2.44. The summed E-state index contributed by atoms with van der Waals surface area (Å²) in [6, 6.07) is 14.6. The Bertz CT molecular complexity index is 613. The first-order valence-corrected chi connectivity index (χ1v) is 8.18. The third-order valence-electron chi connectivity index (χ3n) is 3.42. The summed E-state index contributed by atoms with van der Waals surface area (Å²) >= 11 is 9.87. The summed E-state index contributed by atoms with van der Waals surface area (Å²) in [7, 11) is 4.01. The maximum absolute atomic E-state index is 6.33. The van der Waals surface area contributed by atoms with Gasteiger partial charge in [0.1, 0.15) is 0 Å². The lowest BCUT2D eigenvalue weighted by Gasteiger charge is -2.24. The molecule has 2 rings (SSSR count). The predicted molar refractivity (Wildman–Crippen MR) is 96.6 cm³/mol. The first-order chi connectivity index (χ1) is 10.0. The van der Waals surface area contributed by atoms with E-state index in [2.05, 4.69) is 52.4 Å². The molecule has 0 bridgehead atoms. The van der Waals surface area contributed by atoms with Crippen LogP contribution in [0.3, 0.4) is 0 Å². The fourth-order valence-electron chi connectivity index (χ4n) is 2.42. The molecule has 0 heterocycles. The Labute approximate surface area is 140 Å². The monoisotopic (exact) mass is 366 g/mol. The largest absolute Gasteiger partial charge is 0.377 e. The number of hydrogen-bond acceptors (Lipinski definition) is 2. The predicted octanol–water partition coefficient (Wildman–Crippen LogP) is 5.73. The zero-order valence-electron chi connectivity index (χ0n) is 12.5. The number of anilines is 2. The quantitative estimate of drug-likeness (QED) is 0.725. The molecule has 0 aromatic heterocycles. The van der Waals surface area contributed by atoms with E-state index in [4.69, 9.17) is 11.6 Å². The molecule has 0 amide bonds. The van der Waals surface area contributed by atoms with Crippen molar-refractivity contribution in [2.24, 2.45) is 0 Å². The molecule has 2 aromatic carbocycles. The molecule has 0 spiro atoms. The van der Waals surface area contributed by atoms with Crippen LogP contribution in [-0.2, 0) is 0 Å². The molecule has 0 aliphatic heterocycles. The molecule has 0 fully saturated rings. The van der Waals surface area contributed by atoms with Crippen molar-refractivity contribution in [3.05, 3.63) is 57.5 Å². The molecule has 1 atom stereocenters. The van der Waals surface area contributed by atoms with Crippen molar-refractivity contribution in [3.8, 4) is 0 Å². The fourth-order valence-corrected chi connectivity index (χ4v) is 3.18. The number of nitrogens with one attached hydrogen (secondary N) is 1. The summed E-state index contributed by atoms with van der Waals surface area (Å²) in [5, 5.41) is 4.37. The third kappa shape index (κ3) is 3.92. The highest BCUT2D eigenvalue weighted by Gasteiger charge is 2.14. The van der Waals surface area contributed by atoms with Gasteiger partial charge in [0.15, 0.2) is 0 Å². The van der Waals surface area contributed by atoms with Crippen molar-refractivity contribution in [1.82, 2.24) is 0 Å². The van der Waals surface area contributed by atoms with E-state index < -0.39 is 0 Å². The normalized spacial score (nSPS) is 12.0. The number of nitrogens with zero attached hydrogens (tertiary/aromatic N) is 1. The zero-order chi connectivity index (χ0) is 15.4. The standard InChI is InChI=1S/C17H20BrClN2/c1-4-15(12-7-5-8-13(18)11-12)20-16-10-6-9-14(19)17(16)21(2)3/h5-11,15,20H,4H2,1-3H3. The first kappa shape index (κ1) is 16.2. The molecule has 2 aromatic rings. The van der Waals surface area contributed by atoms with E-state index in [1.165, 1.54) is 5.56 Å². The second-order valence-corrected chi connectivity index (χ2v) is 6.51. The summed E-state index contributed by atoms with van der Waals surface area (Å²) in [5.74, 6) is 0. The van der Waals surface area contributed by atoms with Crippen molar-refractivity contribution in [2.45, 2.75) is 19.4 Å². The van der Waals surface area contributed by atoms with Crippen molar-refractivity contribution in [1.29, 1.82) is 0 Å². The number of benzene rings is 2. The van der Waals surface area contributed by atoms with Gasteiger partial charge in [0.05, 0.1) is 22.4 Å². The van der Waals surface area contributed by atoms with Gasteiger partial charge in [-0.05, 0) is 36.2 Å². The van der Waals surface area contributed by atoms with Gasteiger partial charge in [0.2, 0.25) is 0 Å². The molecular weight excluding hydrogens is 348 g/mol. The maximum Gasteiger partial charge on any atom is 0.0786 e. The molecule has 0 saturated heterocycles. The summed E-state index contributed by atoms with van der Waals surface area (Å²) in [4.78, 5) is 2.04. The van der Waals surface area contributed by atoms with Crippen molar-refractivity contribution < 1.29 is 0 Å².